The van der Waals surface area contributed by atoms with Crippen molar-refractivity contribution in [2.24, 2.45) is 0 Å². The van der Waals surface area contributed by atoms with Crippen LogP contribution in [0.25, 0.3) is 0 Å². The molecule has 0 saturated heterocycles. The van der Waals surface area contributed by atoms with Gasteiger partial charge in [-0.2, -0.15) is 5.26 Å². The number of nitrogens with one attached hydrogen (secondary N) is 1. The average Bonchev–Trinajstić information content (AvgIpc) is 3.56. The summed E-state index contributed by atoms with van der Waals surface area (Å²) < 4.78 is 0. The van der Waals surface area contributed by atoms with E-state index >= 15 is 0 Å². The summed E-state index contributed by atoms with van der Waals surface area (Å²) in [5, 5.41) is 11.8. The van der Waals surface area contributed by atoms with Crippen molar-refractivity contribution >= 4 is 17.7 Å². The van der Waals surface area contributed by atoms with Crippen molar-refractivity contribution in [3.8, 4) is 6.07 Å². The Labute approximate surface area is 174 Å². The number of benzene rings is 2. The van der Waals surface area contributed by atoms with E-state index in [0.717, 1.165) is 18.4 Å². The fraction of sp³-hybridized carbons (Fsp3) is 0.304. The number of amides is 3. The number of carbonyl (C=O) groups excluding carboxylic acids is 3. The van der Waals surface area contributed by atoms with Crippen LogP contribution in [0.15, 0.2) is 54.6 Å². The molecule has 1 unspecified atom stereocenters. The predicted octanol–water partition coefficient (Wildman–Crippen LogP) is 2.01. The van der Waals surface area contributed by atoms with Gasteiger partial charge in [-0.3, -0.25) is 14.4 Å². The molecular formula is C23H22N4O3. The number of carbonyl (C=O) groups is 3. The third kappa shape index (κ3) is 3.90. The van der Waals surface area contributed by atoms with E-state index < -0.39 is 6.04 Å². The number of rotatable bonds is 7. The molecule has 1 atom stereocenters. The van der Waals surface area contributed by atoms with Crippen molar-refractivity contribution in [1.29, 1.82) is 5.26 Å². The second kappa shape index (κ2) is 8.37. The van der Waals surface area contributed by atoms with E-state index in [1.54, 1.807) is 23.1 Å². The van der Waals surface area contributed by atoms with Gasteiger partial charge in [-0.1, -0.05) is 48.5 Å². The number of nitriles is 1. The SMILES string of the molecule is N#CCN(Cc1ccccc1)C(=O)CNC(=O)C1c2ccccc2C(=O)N1C1CC1. The Balaban J connectivity index is 1.44. The van der Waals surface area contributed by atoms with Crippen molar-refractivity contribution in [2.75, 3.05) is 13.1 Å². The molecule has 3 amide bonds. The summed E-state index contributed by atoms with van der Waals surface area (Å²) in [7, 11) is 0. The molecule has 1 aliphatic carbocycles. The summed E-state index contributed by atoms with van der Waals surface area (Å²) >= 11 is 0. The maximum Gasteiger partial charge on any atom is 0.255 e. The Bertz CT molecular complexity index is 1010. The Morgan fingerprint density at radius 1 is 1.10 bits per heavy atom. The number of nitrogens with zero attached hydrogens (tertiary/aromatic N) is 3. The Morgan fingerprint density at radius 2 is 1.80 bits per heavy atom. The minimum atomic E-state index is -0.715. The minimum Gasteiger partial charge on any atom is -0.345 e. The zero-order valence-corrected chi connectivity index (χ0v) is 16.5. The van der Waals surface area contributed by atoms with Gasteiger partial charge in [-0.15, -0.1) is 0 Å². The molecule has 152 valence electrons. The van der Waals surface area contributed by atoms with Crippen LogP contribution in [-0.4, -0.2) is 46.7 Å². The van der Waals surface area contributed by atoms with Gasteiger partial charge >= 0.3 is 0 Å². The minimum absolute atomic E-state index is 0.0669. The maximum absolute atomic E-state index is 13.0. The summed E-state index contributed by atoms with van der Waals surface area (Å²) in [4.78, 5) is 41.5. The van der Waals surface area contributed by atoms with Crippen LogP contribution in [0.5, 0.6) is 0 Å². The van der Waals surface area contributed by atoms with E-state index in [2.05, 4.69) is 5.32 Å². The second-order valence-corrected chi connectivity index (χ2v) is 7.54. The van der Waals surface area contributed by atoms with E-state index in [0.29, 0.717) is 17.7 Å². The van der Waals surface area contributed by atoms with Gasteiger partial charge in [0.25, 0.3) is 5.91 Å². The molecule has 0 radical (unpaired) electrons. The molecule has 1 heterocycles. The lowest BCUT2D eigenvalue weighted by Crippen LogP contribution is -2.45. The summed E-state index contributed by atoms with van der Waals surface area (Å²) in [5.74, 6) is -0.843. The molecule has 2 aromatic rings. The summed E-state index contributed by atoms with van der Waals surface area (Å²) in [6.07, 6.45) is 1.77. The van der Waals surface area contributed by atoms with Crippen LogP contribution in [-0.2, 0) is 16.1 Å². The van der Waals surface area contributed by atoms with Crippen molar-refractivity contribution in [2.45, 2.75) is 31.5 Å². The van der Waals surface area contributed by atoms with E-state index in [1.165, 1.54) is 4.90 Å². The van der Waals surface area contributed by atoms with Gasteiger partial charge in [-0.25, -0.2) is 0 Å². The van der Waals surface area contributed by atoms with Crippen molar-refractivity contribution in [3.05, 3.63) is 71.3 Å². The standard InChI is InChI=1S/C23H22N4O3/c24-12-13-26(15-16-6-2-1-3-7-16)20(28)14-25-22(29)21-18-8-4-5-9-19(18)23(30)27(21)17-10-11-17/h1-9,17,21H,10-11,13-15H2,(H,25,29). The molecule has 2 aliphatic rings. The fourth-order valence-electron chi connectivity index (χ4n) is 3.83. The highest BCUT2D eigenvalue weighted by atomic mass is 16.2. The van der Waals surface area contributed by atoms with Gasteiger partial charge in [0.2, 0.25) is 11.8 Å². The van der Waals surface area contributed by atoms with Gasteiger partial charge in [0.15, 0.2) is 0 Å². The number of hydrogen-bond donors (Lipinski definition) is 1. The van der Waals surface area contributed by atoms with Crippen LogP contribution >= 0.6 is 0 Å². The first-order chi connectivity index (χ1) is 14.6. The predicted molar refractivity (Wildman–Crippen MR) is 109 cm³/mol. The first-order valence-corrected chi connectivity index (χ1v) is 9.98. The molecule has 1 N–H and O–H groups in total. The Hall–Kier alpha value is -3.66. The smallest absolute Gasteiger partial charge is 0.255 e. The molecule has 1 saturated carbocycles. The highest BCUT2D eigenvalue weighted by molar-refractivity contribution is 6.05. The molecule has 2 aromatic carbocycles. The summed E-state index contributed by atoms with van der Waals surface area (Å²) in [5.41, 5.74) is 2.13. The molecule has 0 aromatic heterocycles. The first kappa shape index (κ1) is 19.6. The van der Waals surface area contributed by atoms with Gasteiger partial charge in [0, 0.05) is 18.2 Å². The van der Waals surface area contributed by atoms with Crippen LogP contribution in [0.1, 0.15) is 40.4 Å². The van der Waals surface area contributed by atoms with E-state index in [9.17, 15) is 14.4 Å². The quantitative estimate of drug-likeness (QED) is 0.717. The molecular weight excluding hydrogens is 380 g/mol. The Morgan fingerprint density at radius 3 is 2.50 bits per heavy atom. The van der Waals surface area contributed by atoms with Gasteiger partial charge < -0.3 is 15.1 Å². The van der Waals surface area contributed by atoms with Crippen LogP contribution in [0.3, 0.4) is 0 Å². The van der Waals surface area contributed by atoms with Gasteiger partial charge in [0.1, 0.15) is 12.6 Å². The van der Waals surface area contributed by atoms with Gasteiger partial charge in [-0.05, 0) is 30.0 Å². The van der Waals surface area contributed by atoms with E-state index in [1.807, 2.05) is 42.5 Å². The fourth-order valence-corrected chi connectivity index (χ4v) is 3.83. The molecule has 30 heavy (non-hydrogen) atoms. The summed E-state index contributed by atoms with van der Waals surface area (Å²) in [6.45, 7) is 0.00328. The molecule has 7 nitrogen and oxygen atoms in total. The topological polar surface area (TPSA) is 93.5 Å². The molecule has 7 heteroatoms. The zero-order chi connectivity index (χ0) is 21.1. The second-order valence-electron chi connectivity index (χ2n) is 7.54. The molecule has 1 aliphatic heterocycles. The lowest BCUT2D eigenvalue weighted by Gasteiger charge is -2.25. The van der Waals surface area contributed by atoms with E-state index in [-0.39, 0.29) is 36.9 Å². The lowest BCUT2D eigenvalue weighted by molar-refractivity contribution is -0.134. The monoisotopic (exact) mass is 402 g/mol. The number of hydrogen-bond acceptors (Lipinski definition) is 4. The highest BCUT2D eigenvalue weighted by Crippen LogP contribution is 2.41. The maximum atomic E-state index is 13.0. The Kier molecular flexibility index (Phi) is 5.48. The van der Waals surface area contributed by atoms with Crippen LogP contribution in [0.4, 0.5) is 0 Å². The third-order valence-corrected chi connectivity index (χ3v) is 5.43. The number of fused-ring (bicyclic) bond motifs is 1. The van der Waals surface area contributed by atoms with Crippen molar-refractivity contribution in [1.82, 2.24) is 15.1 Å². The third-order valence-electron chi connectivity index (χ3n) is 5.43. The molecule has 4 rings (SSSR count). The first-order valence-electron chi connectivity index (χ1n) is 9.98. The van der Waals surface area contributed by atoms with Crippen molar-refractivity contribution < 1.29 is 14.4 Å². The normalized spacial score (nSPS) is 17.2. The van der Waals surface area contributed by atoms with Crippen LogP contribution in [0, 0.1) is 11.3 Å². The average molecular weight is 402 g/mol. The largest absolute Gasteiger partial charge is 0.345 e. The summed E-state index contributed by atoms with van der Waals surface area (Å²) in [6, 6.07) is 17.9. The van der Waals surface area contributed by atoms with Gasteiger partial charge in [0.05, 0.1) is 12.6 Å². The zero-order valence-electron chi connectivity index (χ0n) is 16.5. The van der Waals surface area contributed by atoms with Crippen molar-refractivity contribution in [3.63, 3.8) is 0 Å². The van der Waals surface area contributed by atoms with Crippen LogP contribution in [0.2, 0.25) is 0 Å². The highest BCUT2D eigenvalue weighted by Gasteiger charge is 2.47. The van der Waals surface area contributed by atoms with E-state index in [4.69, 9.17) is 5.26 Å². The molecule has 0 bridgehead atoms. The van der Waals surface area contributed by atoms with Crippen LogP contribution < -0.4 is 5.32 Å². The lowest BCUT2D eigenvalue weighted by atomic mass is 10.0. The molecule has 0 spiro atoms. The molecule has 1 fully saturated rings.